The van der Waals surface area contributed by atoms with Gasteiger partial charge in [-0.05, 0) is 6.07 Å². The molecule has 0 N–H and O–H groups in total. The summed E-state index contributed by atoms with van der Waals surface area (Å²) in [6, 6.07) is 7.60. The molecule has 1 unspecified atom stereocenters. The Bertz CT molecular complexity index is 554. The second-order valence-corrected chi connectivity index (χ2v) is 3.86. The van der Waals surface area contributed by atoms with Crippen molar-refractivity contribution in [3.63, 3.8) is 0 Å². The van der Waals surface area contributed by atoms with Crippen molar-refractivity contribution in [2.45, 2.75) is 5.92 Å². The van der Waals surface area contributed by atoms with Crippen LogP contribution in [0.2, 0.25) is 0 Å². The van der Waals surface area contributed by atoms with Crippen LogP contribution in [0, 0.1) is 0 Å². The summed E-state index contributed by atoms with van der Waals surface area (Å²) in [4.78, 5) is 20.2. The van der Waals surface area contributed by atoms with Crippen molar-refractivity contribution in [2.75, 3.05) is 6.61 Å². The summed E-state index contributed by atoms with van der Waals surface area (Å²) >= 11 is 0. The smallest absolute Gasteiger partial charge is 0.193 e. The molecule has 0 amide bonds. The van der Waals surface area contributed by atoms with Gasteiger partial charge in [0.25, 0.3) is 0 Å². The van der Waals surface area contributed by atoms with E-state index in [0.29, 0.717) is 12.3 Å². The average molecular weight is 226 g/mol. The van der Waals surface area contributed by atoms with Crippen LogP contribution in [0.3, 0.4) is 0 Å². The molecule has 1 aliphatic rings. The Labute approximate surface area is 98.3 Å². The lowest BCUT2D eigenvalue weighted by atomic mass is 9.95. The van der Waals surface area contributed by atoms with Crippen LogP contribution in [0.25, 0.3) is 0 Å². The highest BCUT2D eigenvalue weighted by atomic mass is 16.5. The maximum absolute atomic E-state index is 12.2. The highest BCUT2D eigenvalue weighted by molar-refractivity contribution is 6.00. The molecule has 0 radical (unpaired) electrons. The number of benzene rings is 1. The normalized spacial score (nSPS) is 17.3. The molecule has 0 fully saturated rings. The molecule has 3 rings (SSSR count). The summed E-state index contributed by atoms with van der Waals surface area (Å²) in [6.07, 6.45) is 4.56. The minimum Gasteiger partial charge on any atom is -0.492 e. The quantitative estimate of drug-likeness (QED) is 0.733. The predicted octanol–water partition coefficient (Wildman–Crippen LogP) is 1.84. The van der Waals surface area contributed by atoms with Gasteiger partial charge in [0, 0.05) is 18.0 Å². The Kier molecular flexibility index (Phi) is 2.33. The molecule has 84 valence electrons. The Balaban J connectivity index is 1.95. The second-order valence-electron chi connectivity index (χ2n) is 3.86. The number of rotatable bonds is 2. The van der Waals surface area contributed by atoms with E-state index in [9.17, 15) is 4.79 Å². The van der Waals surface area contributed by atoms with E-state index < -0.39 is 0 Å². The van der Waals surface area contributed by atoms with Crippen molar-refractivity contribution in [3.05, 3.63) is 54.1 Å². The molecule has 4 heteroatoms. The molecule has 2 aromatic rings. The fourth-order valence-electron chi connectivity index (χ4n) is 1.98. The van der Waals surface area contributed by atoms with E-state index in [2.05, 4.69) is 9.97 Å². The largest absolute Gasteiger partial charge is 0.492 e. The number of Topliss-reactive ketones (excluding diaryl/α,β-unsaturated/α-hetero) is 1. The van der Waals surface area contributed by atoms with Gasteiger partial charge in [0.15, 0.2) is 5.78 Å². The minimum absolute atomic E-state index is 0.0388. The molecule has 1 aromatic heterocycles. The molecule has 1 atom stereocenters. The monoisotopic (exact) mass is 226 g/mol. The van der Waals surface area contributed by atoms with Gasteiger partial charge < -0.3 is 4.74 Å². The molecule has 0 saturated carbocycles. The summed E-state index contributed by atoms with van der Waals surface area (Å²) in [5, 5.41) is 0. The maximum atomic E-state index is 12.2. The van der Waals surface area contributed by atoms with Crippen LogP contribution in [0.1, 0.15) is 22.0 Å². The van der Waals surface area contributed by atoms with Crippen molar-refractivity contribution in [1.29, 1.82) is 0 Å². The molecule has 1 aliphatic heterocycles. The molecule has 2 heterocycles. The molecular formula is C13H10N2O2. The third kappa shape index (κ3) is 1.67. The standard InChI is InChI=1S/C13H10N2O2/c16-13(11-7-14-5-6-15-11)10-8-17-12-4-2-1-3-9(10)12/h1-7,10H,8H2. The molecule has 1 aromatic carbocycles. The topological polar surface area (TPSA) is 52.1 Å². The van der Waals surface area contributed by atoms with Crippen molar-refractivity contribution >= 4 is 5.78 Å². The first-order valence-electron chi connectivity index (χ1n) is 5.38. The third-order valence-electron chi connectivity index (χ3n) is 2.83. The number of nitrogens with zero attached hydrogens (tertiary/aromatic N) is 2. The van der Waals surface area contributed by atoms with E-state index in [1.165, 1.54) is 12.4 Å². The number of fused-ring (bicyclic) bond motifs is 1. The van der Waals surface area contributed by atoms with Gasteiger partial charge in [-0.15, -0.1) is 0 Å². The number of hydrogen-bond donors (Lipinski definition) is 0. The van der Waals surface area contributed by atoms with E-state index in [0.717, 1.165) is 11.3 Å². The number of hydrogen-bond acceptors (Lipinski definition) is 4. The lowest BCUT2D eigenvalue weighted by molar-refractivity contribution is 0.0942. The van der Waals surface area contributed by atoms with E-state index in [-0.39, 0.29) is 11.7 Å². The molecular weight excluding hydrogens is 216 g/mol. The number of carbonyl (C=O) groups excluding carboxylic acids is 1. The molecule has 4 nitrogen and oxygen atoms in total. The molecule has 17 heavy (non-hydrogen) atoms. The minimum atomic E-state index is -0.261. The van der Waals surface area contributed by atoms with Gasteiger partial charge in [-0.25, -0.2) is 4.98 Å². The SMILES string of the molecule is O=C(c1cnccn1)C1COc2ccccc21. The van der Waals surface area contributed by atoms with Gasteiger partial charge in [0.05, 0.1) is 12.1 Å². The first kappa shape index (κ1) is 9.96. The number of carbonyl (C=O) groups is 1. The van der Waals surface area contributed by atoms with Gasteiger partial charge in [-0.3, -0.25) is 9.78 Å². The molecule has 0 saturated heterocycles. The Hall–Kier alpha value is -2.23. The van der Waals surface area contributed by atoms with Crippen LogP contribution >= 0.6 is 0 Å². The average Bonchev–Trinajstić information content (AvgIpc) is 2.83. The molecule has 0 spiro atoms. The zero-order valence-corrected chi connectivity index (χ0v) is 9.04. The van der Waals surface area contributed by atoms with Gasteiger partial charge in [-0.2, -0.15) is 0 Å². The fraction of sp³-hybridized carbons (Fsp3) is 0.154. The Morgan fingerprint density at radius 2 is 2.18 bits per heavy atom. The van der Waals surface area contributed by atoms with Crippen LogP contribution in [0.4, 0.5) is 0 Å². The van der Waals surface area contributed by atoms with Crippen molar-refractivity contribution in [2.24, 2.45) is 0 Å². The molecule has 0 bridgehead atoms. The van der Waals surface area contributed by atoms with E-state index >= 15 is 0 Å². The Morgan fingerprint density at radius 1 is 1.29 bits per heavy atom. The second kappa shape index (κ2) is 3.97. The summed E-state index contributed by atoms with van der Waals surface area (Å²) in [5.41, 5.74) is 1.32. The van der Waals surface area contributed by atoms with Crippen LogP contribution in [0.5, 0.6) is 5.75 Å². The van der Waals surface area contributed by atoms with E-state index in [1.807, 2.05) is 24.3 Å². The van der Waals surface area contributed by atoms with Gasteiger partial charge in [-0.1, -0.05) is 18.2 Å². The summed E-state index contributed by atoms with van der Waals surface area (Å²) in [5.74, 6) is 0.487. The van der Waals surface area contributed by atoms with Gasteiger partial charge in [0.1, 0.15) is 18.1 Å². The Morgan fingerprint density at radius 3 is 3.00 bits per heavy atom. The third-order valence-corrected chi connectivity index (χ3v) is 2.83. The van der Waals surface area contributed by atoms with Crippen LogP contribution < -0.4 is 4.74 Å². The highest BCUT2D eigenvalue weighted by Crippen LogP contribution is 2.34. The van der Waals surface area contributed by atoms with Crippen molar-refractivity contribution in [3.8, 4) is 5.75 Å². The first-order valence-corrected chi connectivity index (χ1v) is 5.38. The summed E-state index contributed by atoms with van der Waals surface area (Å²) < 4.78 is 5.48. The van der Waals surface area contributed by atoms with E-state index in [4.69, 9.17) is 4.74 Å². The lowest BCUT2D eigenvalue weighted by Gasteiger charge is -2.06. The first-order chi connectivity index (χ1) is 8.36. The molecule has 0 aliphatic carbocycles. The number of aromatic nitrogens is 2. The zero-order valence-electron chi connectivity index (χ0n) is 9.04. The highest BCUT2D eigenvalue weighted by Gasteiger charge is 2.31. The number of ether oxygens (including phenoxy) is 1. The van der Waals surface area contributed by atoms with Crippen molar-refractivity contribution < 1.29 is 9.53 Å². The number of para-hydroxylation sites is 1. The predicted molar refractivity (Wildman–Crippen MR) is 61.0 cm³/mol. The van der Waals surface area contributed by atoms with E-state index in [1.54, 1.807) is 6.20 Å². The summed E-state index contributed by atoms with van der Waals surface area (Å²) in [7, 11) is 0. The summed E-state index contributed by atoms with van der Waals surface area (Å²) in [6.45, 7) is 0.384. The van der Waals surface area contributed by atoms with Crippen LogP contribution in [-0.2, 0) is 0 Å². The van der Waals surface area contributed by atoms with Crippen LogP contribution in [-0.4, -0.2) is 22.4 Å². The van der Waals surface area contributed by atoms with Gasteiger partial charge in [0.2, 0.25) is 0 Å². The zero-order chi connectivity index (χ0) is 11.7. The number of ketones is 1. The fourth-order valence-corrected chi connectivity index (χ4v) is 1.98. The van der Waals surface area contributed by atoms with Gasteiger partial charge >= 0.3 is 0 Å². The maximum Gasteiger partial charge on any atom is 0.193 e. The van der Waals surface area contributed by atoms with Crippen LogP contribution in [0.15, 0.2) is 42.9 Å². The lowest BCUT2D eigenvalue weighted by Crippen LogP contribution is -2.15. The van der Waals surface area contributed by atoms with Crippen molar-refractivity contribution in [1.82, 2.24) is 9.97 Å².